The summed E-state index contributed by atoms with van der Waals surface area (Å²) in [7, 11) is 0. The van der Waals surface area contributed by atoms with Gasteiger partial charge in [0.15, 0.2) is 0 Å². The van der Waals surface area contributed by atoms with Crippen molar-refractivity contribution >= 4 is 6.08 Å². The minimum absolute atomic E-state index is 0.273. The van der Waals surface area contributed by atoms with Crippen molar-refractivity contribution in [1.82, 2.24) is 0 Å². The lowest BCUT2D eigenvalue weighted by Gasteiger charge is -2.34. The number of rotatable bonds is 4. The van der Waals surface area contributed by atoms with Gasteiger partial charge in [-0.3, -0.25) is 0 Å². The molecule has 0 aliphatic heterocycles. The maximum absolute atomic E-state index is 13.6. The molecule has 11 heteroatoms. The fourth-order valence-corrected chi connectivity index (χ4v) is 1.60. The van der Waals surface area contributed by atoms with Crippen LogP contribution in [0.2, 0.25) is 0 Å². The first-order chi connectivity index (χ1) is 10.1. The van der Waals surface area contributed by atoms with Gasteiger partial charge in [-0.05, 0) is 17.7 Å². The van der Waals surface area contributed by atoms with Gasteiger partial charge in [0.1, 0.15) is 17.1 Å². The average Bonchev–Trinajstić information content (AvgIpc) is 2.35. The van der Waals surface area contributed by atoms with Gasteiger partial charge in [0, 0.05) is 0 Å². The van der Waals surface area contributed by atoms with Crippen molar-refractivity contribution in [2.45, 2.75) is 23.9 Å². The largest absolute Gasteiger partial charge is 0.507 e. The van der Waals surface area contributed by atoms with Crippen LogP contribution in [0.4, 0.5) is 39.5 Å². The van der Waals surface area contributed by atoms with E-state index in [0.29, 0.717) is 12.1 Å². The average molecular weight is 354 g/mol. The molecule has 0 spiro atoms. The number of alkyl halides is 9. The van der Waals surface area contributed by atoms with Crippen molar-refractivity contribution in [2.24, 2.45) is 0 Å². The molecule has 0 heterocycles. The van der Waals surface area contributed by atoms with Gasteiger partial charge in [-0.1, -0.05) is 12.7 Å². The summed E-state index contributed by atoms with van der Waals surface area (Å²) >= 11 is 0. The molecule has 1 rings (SSSR count). The lowest BCUT2D eigenvalue weighted by atomic mass is 9.94. The van der Waals surface area contributed by atoms with E-state index in [1.165, 1.54) is 0 Å². The molecule has 0 saturated carbocycles. The fourth-order valence-electron chi connectivity index (χ4n) is 1.60. The molecular weight excluding hydrogens is 347 g/mol. The topological polar surface area (TPSA) is 40.5 Å². The highest BCUT2D eigenvalue weighted by atomic mass is 19.4. The number of phenols is 2. The molecule has 1 aromatic carbocycles. The Bertz CT molecular complexity index is 596. The normalized spacial score (nSPS) is 14.0. The van der Waals surface area contributed by atoms with E-state index in [9.17, 15) is 49.7 Å². The van der Waals surface area contributed by atoms with E-state index in [2.05, 4.69) is 6.58 Å². The van der Waals surface area contributed by atoms with Crippen LogP contribution < -0.4 is 0 Å². The molecule has 130 valence electrons. The molecule has 0 unspecified atom stereocenters. The Balaban J connectivity index is 3.62. The maximum Gasteiger partial charge on any atom is 0.460 e. The second kappa shape index (κ2) is 5.24. The molecule has 0 atom stereocenters. The second-order valence-corrected chi connectivity index (χ2v) is 4.36. The summed E-state index contributed by atoms with van der Waals surface area (Å²) in [6.45, 7) is 3.10. The molecule has 0 radical (unpaired) electrons. The summed E-state index contributed by atoms with van der Waals surface area (Å²) in [5.74, 6) is -24.0. The molecule has 0 amide bonds. The van der Waals surface area contributed by atoms with Crippen LogP contribution in [0, 0.1) is 0 Å². The number of hydrogen-bond acceptors (Lipinski definition) is 2. The molecule has 23 heavy (non-hydrogen) atoms. The van der Waals surface area contributed by atoms with E-state index in [4.69, 9.17) is 0 Å². The van der Waals surface area contributed by atoms with Gasteiger partial charge >= 0.3 is 23.9 Å². The number of phenolic OH excluding ortho intramolecular Hbond substituents is 2. The molecule has 0 aliphatic carbocycles. The van der Waals surface area contributed by atoms with E-state index in [-0.39, 0.29) is 5.56 Å². The van der Waals surface area contributed by atoms with Gasteiger partial charge in [0.25, 0.3) is 0 Å². The first-order valence-electron chi connectivity index (χ1n) is 5.50. The van der Waals surface area contributed by atoms with Gasteiger partial charge in [-0.2, -0.15) is 39.5 Å². The Morgan fingerprint density at radius 3 is 1.48 bits per heavy atom. The summed E-state index contributed by atoms with van der Waals surface area (Å²) in [6, 6.07) is 0.662. The first kappa shape index (κ1) is 19.0. The van der Waals surface area contributed by atoms with Crippen LogP contribution in [0.5, 0.6) is 11.5 Å². The van der Waals surface area contributed by atoms with Crippen LogP contribution in [0.1, 0.15) is 11.1 Å². The van der Waals surface area contributed by atoms with Crippen molar-refractivity contribution in [3.63, 3.8) is 0 Å². The zero-order valence-electron chi connectivity index (χ0n) is 10.7. The smallest absolute Gasteiger partial charge is 0.460 e. The minimum Gasteiger partial charge on any atom is -0.507 e. The summed E-state index contributed by atoms with van der Waals surface area (Å²) in [5, 5.41) is 18.4. The number of halogens is 9. The zero-order chi connectivity index (χ0) is 18.4. The van der Waals surface area contributed by atoms with Gasteiger partial charge in [0.05, 0.1) is 0 Å². The second-order valence-electron chi connectivity index (χ2n) is 4.36. The molecule has 0 bridgehead atoms. The van der Waals surface area contributed by atoms with Crippen LogP contribution >= 0.6 is 0 Å². The third-order valence-corrected chi connectivity index (χ3v) is 2.81. The highest BCUT2D eigenvalue weighted by molar-refractivity contribution is 5.58. The Morgan fingerprint density at radius 1 is 0.783 bits per heavy atom. The SMILES string of the molecule is C=Cc1cc(O)c(C(F)(F)C(F)(F)C(F)(F)C(F)(F)F)c(O)c1. The molecule has 0 saturated heterocycles. The quantitative estimate of drug-likeness (QED) is 0.772. The first-order valence-corrected chi connectivity index (χ1v) is 5.50. The third kappa shape index (κ3) is 2.68. The summed E-state index contributed by atoms with van der Waals surface area (Å²) < 4.78 is 115. The van der Waals surface area contributed by atoms with Crippen LogP contribution in [-0.4, -0.2) is 28.2 Å². The fraction of sp³-hybridized carbons (Fsp3) is 0.333. The van der Waals surface area contributed by atoms with Crippen molar-refractivity contribution in [2.75, 3.05) is 0 Å². The third-order valence-electron chi connectivity index (χ3n) is 2.81. The van der Waals surface area contributed by atoms with Crippen molar-refractivity contribution in [1.29, 1.82) is 0 Å². The van der Waals surface area contributed by atoms with Gasteiger partial charge in [-0.15, -0.1) is 0 Å². The predicted octanol–water partition coefficient (Wildman–Crippen LogP) is 4.67. The predicted molar refractivity (Wildman–Crippen MR) is 59.7 cm³/mol. The summed E-state index contributed by atoms with van der Waals surface area (Å²) in [6.07, 6.45) is -6.13. The van der Waals surface area contributed by atoms with E-state index < -0.39 is 41.0 Å². The van der Waals surface area contributed by atoms with Crippen molar-refractivity contribution < 1.29 is 49.7 Å². The van der Waals surface area contributed by atoms with Crippen LogP contribution in [-0.2, 0) is 5.92 Å². The Morgan fingerprint density at radius 2 is 1.17 bits per heavy atom. The Kier molecular flexibility index (Phi) is 4.32. The lowest BCUT2D eigenvalue weighted by Crippen LogP contribution is -2.59. The van der Waals surface area contributed by atoms with Crippen LogP contribution in [0.15, 0.2) is 18.7 Å². The molecule has 2 nitrogen and oxygen atoms in total. The van der Waals surface area contributed by atoms with E-state index in [1.807, 2.05) is 0 Å². The van der Waals surface area contributed by atoms with Crippen LogP contribution in [0.25, 0.3) is 6.08 Å². The van der Waals surface area contributed by atoms with Gasteiger partial charge < -0.3 is 10.2 Å². The summed E-state index contributed by atoms with van der Waals surface area (Å²) in [4.78, 5) is 0. The summed E-state index contributed by atoms with van der Waals surface area (Å²) in [5.41, 5.74) is -2.73. The minimum atomic E-state index is -7.13. The van der Waals surface area contributed by atoms with Crippen molar-refractivity contribution in [3.8, 4) is 11.5 Å². The monoisotopic (exact) mass is 354 g/mol. The highest BCUT2D eigenvalue weighted by Gasteiger charge is 2.82. The van der Waals surface area contributed by atoms with Gasteiger partial charge in [0.2, 0.25) is 0 Å². The molecule has 0 fully saturated rings. The van der Waals surface area contributed by atoms with Crippen LogP contribution in [0.3, 0.4) is 0 Å². The maximum atomic E-state index is 13.6. The van der Waals surface area contributed by atoms with Crippen molar-refractivity contribution in [3.05, 3.63) is 29.8 Å². The Hall–Kier alpha value is -2.07. The molecule has 1 aromatic rings. The van der Waals surface area contributed by atoms with Gasteiger partial charge in [-0.25, -0.2) is 0 Å². The lowest BCUT2D eigenvalue weighted by molar-refractivity contribution is -0.399. The number of benzene rings is 1. The zero-order valence-corrected chi connectivity index (χ0v) is 10.7. The Labute approximate surface area is 122 Å². The van der Waals surface area contributed by atoms with E-state index in [1.54, 1.807) is 0 Å². The number of aromatic hydroxyl groups is 2. The standard InChI is InChI=1S/C12H7F9O2/c1-2-5-3-6(22)8(7(23)4-5)9(13,14)10(15,16)11(17,18)12(19,20)21/h2-4,22-23H,1H2. The molecule has 0 aliphatic rings. The molecule has 0 aromatic heterocycles. The highest BCUT2D eigenvalue weighted by Crippen LogP contribution is 2.59. The van der Waals surface area contributed by atoms with E-state index >= 15 is 0 Å². The number of hydrogen-bond donors (Lipinski definition) is 2. The van der Waals surface area contributed by atoms with E-state index in [0.717, 1.165) is 6.08 Å². The molecule has 2 N–H and O–H groups in total. The molecular formula is C12H7F9O2.